The van der Waals surface area contributed by atoms with Crippen LogP contribution >= 0.6 is 11.6 Å². The van der Waals surface area contributed by atoms with Crippen molar-refractivity contribution in [2.75, 3.05) is 13.7 Å². The summed E-state index contributed by atoms with van der Waals surface area (Å²) in [5.74, 6) is -3.53. The second-order valence-electron chi connectivity index (χ2n) is 9.08. The number of carbonyl (C=O) groups is 1. The standard InChI is InChI=1S/C24H19ClF5N3O8S/c1-37-22(34)21-20(41-42(35,36)24(28,29)30)18(19-16(39-21)10-38-23(40-19)11-5-3-2-4-6-11)33-9-15(31-32-33)12-7-13(26)17(25)14(27)8-12/h2-9,16,18-21,23H,10H2,1H3/t16-,18+,19+,20-,21-,23?/m1/s1. The molecule has 2 aliphatic heterocycles. The molecule has 1 aromatic heterocycles. The van der Waals surface area contributed by atoms with Gasteiger partial charge in [0.1, 0.15) is 46.7 Å². The maximum Gasteiger partial charge on any atom is 0.523 e. The van der Waals surface area contributed by atoms with Crippen LogP contribution in [0.4, 0.5) is 22.0 Å². The first-order valence-corrected chi connectivity index (χ1v) is 13.7. The van der Waals surface area contributed by atoms with Crippen LogP contribution in [0.3, 0.4) is 0 Å². The highest BCUT2D eigenvalue weighted by Gasteiger charge is 2.59. The third kappa shape index (κ3) is 5.71. The Hall–Kier alpha value is -3.22. The predicted molar refractivity (Wildman–Crippen MR) is 130 cm³/mol. The zero-order valence-electron chi connectivity index (χ0n) is 21.1. The third-order valence-corrected chi connectivity index (χ3v) is 7.88. The summed E-state index contributed by atoms with van der Waals surface area (Å²) in [6.07, 6.45) is -6.89. The second-order valence-corrected chi connectivity index (χ2v) is 11.0. The first kappa shape index (κ1) is 30.2. The predicted octanol–water partition coefficient (Wildman–Crippen LogP) is 3.71. The molecule has 1 unspecified atom stereocenters. The van der Waals surface area contributed by atoms with E-state index in [9.17, 15) is 35.2 Å². The van der Waals surface area contributed by atoms with Crippen molar-refractivity contribution in [1.82, 2.24) is 15.0 Å². The van der Waals surface area contributed by atoms with Gasteiger partial charge in [-0.3, -0.25) is 4.18 Å². The Morgan fingerprint density at radius 1 is 1.12 bits per heavy atom. The van der Waals surface area contributed by atoms with E-state index in [2.05, 4.69) is 19.2 Å². The van der Waals surface area contributed by atoms with Gasteiger partial charge in [-0.1, -0.05) is 47.1 Å². The van der Waals surface area contributed by atoms with Crippen molar-refractivity contribution in [3.63, 3.8) is 0 Å². The fraction of sp³-hybridized carbons (Fsp3) is 0.375. The number of methoxy groups -OCH3 is 1. The Morgan fingerprint density at radius 2 is 1.79 bits per heavy atom. The molecule has 5 rings (SSSR count). The van der Waals surface area contributed by atoms with Crippen LogP contribution < -0.4 is 0 Å². The van der Waals surface area contributed by atoms with Crippen LogP contribution in [0.25, 0.3) is 11.3 Å². The van der Waals surface area contributed by atoms with E-state index in [1.54, 1.807) is 30.3 Å². The SMILES string of the molecule is COC(=O)[C@@H]1O[C@@H]2COC(c3ccccc3)O[C@@H]2[C@H](n2cc(-c3cc(F)c(Cl)c(F)c3)nn2)[C@H]1OS(=O)(=O)C(F)(F)F. The van der Waals surface area contributed by atoms with Gasteiger partial charge in [0.05, 0.1) is 19.9 Å². The number of halogens is 6. The van der Waals surface area contributed by atoms with Crippen LogP contribution in [0.1, 0.15) is 17.9 Å². The van der Waals surface area contributed by atoms with E-state index in [1.165, 1.54) is 0 Å². The van der Waals surface area contributed by atoms with Crippen LogP contribution in [0.15, 0.2) is 48.7 Å². The number of aromatic nitrogens is 3. The lowest BCUT2D eigenvalue weighted by atomic mass is 9.91. The lowest BCUT2D eigenvalue weighted by Crippen LogP contribution is -2.62. The third-order valence-electron chi connectivity index (χ3n) is 6.47. The molecule has 42 heavy (non-hydrogen) atoms. The Balaban J connectivity index is 1.62. The number of rotatable bonds is 6. The second kappa shape index (κ2) is 11.5. The zero-order chi connectivity index (χ0) is 30.4. The smallest absolute Gasteiger partial charge is 0.467 e. The van der Waals surface area contributed by atoms with Gasteiger partial charge in [0, 0.05) is 11.1 Å². The minimum atomic E-state index is -6.33. The topological polar surface area (TPSA) is 128 Å². The summed E-state index contributed by atoms with van der Waals surface area (Å²) in [4.78, 5) is 12.7. The highest BCUT2D eigenvalue weighted by atomic mass is 35.5. The maximum absolute atomic E-state index is 14.1. The molecule has 3 heterocycles. The van der Waals surface area contributed by atoms with E-state index in [1.807, 2.05) is 0 Å². The van der Waals surface area contributed by atoms with Gasteiger partial charge in [0.15, 0.2) is 12.4 Å². The number of fused-ring (bicyclic) bond motifs is 1. The Morgan fingerprint density at radius 3 is 2.40 bits per heavy atom. The summed E-state index contributed by atoms with van der Waals surface area (Å²) in [5, 5.41) is 6.89. The maximum atomic E-state index is 14.1. The van der Waals surface area contributed by atoms with Gasteiger partial charge in [-0.15, -0.1) is 5.10 Å². The molecule has 2 aliphatic rings. The Kier molecular flexibility index (Phi) is 8.25. The molecule has 226 valence electrons. The quantitative estimate of drug-likeness (QED) is 0.129. The summed E-state index contributed by atoms with van der Waals surface area (Å²) >= 11 is 5.54. The number of esters is 1. The van der Waals surface area contributed by atoms with Gasteiger partial charge < -0.3 is 18.9 Å². The molecule has 0 bridgehead atoms. The van der Waals surface area contributed by atoms with Crippen molar-refractivity contribution in [1.29, 1.82) is 0 Å². The van der Waals surface area contributed by atoms with Crippen molar-refractivity contribution in [3.05, 3.63) is 70.9 Å². The average Bonchev–Trinajstić information content (AvgIpc) is 3.44. The molecule has 2 fully saturated rings. The van der Waals surface area contributed by atoms with Crippen molar-refractivity contribution >= 4 is 27.7 Å². The van der Waals surface area contributed by atoms with Gasteiger partial charge in [0.2, 0.25) is 0 Å². The van der Waals surface area contributed by atoms with Crippen LogP contribution in [-0.2, 0) is 38.0 Å². The molecule has 0 aliphatic carbocycles. The summed E-state index contributed by atoms with van der Waals surface area (Å²) < 4.78 is 120. The van der Waals surface area contributed by atoms with E-state index in [0.29, 0.717) is 5.56 Å². The van der Waals surface area contributed by atoms with Gasteiger partial charge in [-0.25, -0.2) is 18.3 Å². The van der Waals surface area contributed by atoms with Crippen LogP contribution in [0.5, 0.6) is 0 Å². The van der Waals surface area contributed by atoms with E-state index in [0.717, 1.165) is 30.1 Å². The van der Waals surface area contributed by atoms with Crippen molar-refractivity contribution in [2.24, 2.45) is 0 Å². The summed E-state index contributed by atoms with van der Waals surface area (Å²) in [5.41, 5.74) is -5.74. The van der Waals surface area contributed by atoms with Crippen molar-refractivity contribution < 1.29 is 58.3 Å². The fourth-order valence-corrected chi connectivity index (χ4v) is 5.28. The molecule has 0 spiro atoms. The van der Waals surface area contributed by atoms with Gasteiger partial charge >= 0.3 is 21.6 Å². The number of ether oxygens (including phenoxy) is 4. The number of benzene rings is 2. The molecule has 2 saturated heterocycles. The minimum absolute atomic E-state index is 0.163. The Labute approximate surface area is 239 Å². The molecule has 3 aromatic rings. The number of hydrogen-bond acceptors (Lipinski definition) is 10. The van der Waals surface area contributed by atoms with Gasteiger partial charge in [-0.05, 0) is 12.1 Å². The Bertz CT molecular complexity index is 1550. The normalized spacial score (nSPS) is 26.5. The fourth-order valence-electron chi connectivity index (χ4n) is 4.55. The number of nitrogens with zero attached hydrogens (tertiary/aromatic N) is 3. The molecule has 0 N–H and O–H groups in total. The molecule has 0 saturated carbocycles. The highest BCUT2D eigenvalue weighted by molar-refractivity contribution is 7.87. The van der Waals surface area contributed by atoms with Crippen molar-refractivity contribution in [2.45, 2.75) is 42.3 Å². The largest absolute Gasteiger partial charge is 0.523 e. The molecule has 0 amide bonds. The number of hydrogen-bond donors (Lipinski definition) is 0. The molecule has 2 aromatic carbocycles. The molecular weight excluding hydrogens is 621 g/mol. The van der Waals surface area contributed by atoms with Crippen LogP contribution in [0, 0.1) is 11.6 Å². The van der Waals surface area contributed by atoms with E-state index < -0.39 is 75.0 Å². The molecule has 11 nitrogen and oxygen atoms in total. The first-order chi connectivity index (χ1) is 19.8. The summed E-state index contributed by atoms with van der Waals surface area (Å²) in [7, 11) is -5.43. The van der Waals surface area contributed by atoms with Crippen LogP contribution in [0.2, 0.25) is 5.02 Å². The van der Waals surface area contributed by atoms with Gasteiger partial charge in [0.25, 0.3) is 0 Å². The van der Waals surface area contributed by atoms with Crippen molar-refractivity contribution in [3.8, 4) is 11.3 Å². The first-order valence-electron chi connectivity index (χ1n) is 11.9. The molecule has 18 heteroatoms. The van der Waals surface area contributed by atoms with E-state index in [4.69, 9.17) is 25.8 Å². The van der Waals surface area contributed by atoms with Crippen LogP contribution in [-0.4, -0.2) is 73.0 Å². The summed E-state index contributed by atoms with van der Waals surface area (Å²) in [6.45, 7) is -0.262. The van der Waals surface area contributed by atoms with E-state index >= 15 is 0 Å². The number of alkyl halides is 3. The highest BCUT2D eigenvalue weighted by Crippen LogP contribution is 2.42. The monoisotopic (exact) mass is 639 g/mol. The van der Waals surface area contributed by atoms with Gasteiger partial charge in [-0.2, -0.15) is 21.6 Å². The molecule has 6 atom stereocenters. The number of carbonyl (C=O) groups excluding carboxylic acids is 1. The molecular formula is C24H19ClF5N3O8S. The lowest BCUT2D eigenvalue weighted by Gasteiger charge is -2.48. The zero-order valence-corrected chi connectivity index (χ0v) is 22.6. The minimum Gasteiger partial charge on any atom is -0.467 e. The average molecular weight is 640 g/mol. The van der Waals surface area contributed by atoms with E-state index in [-0.39, 0.29) is 17.9 Å². The molecule has 0 radical (unpaired) electrons. The lowest BCUT2D eigenvalue weighted by molar-refractivity contribution is -0.312. The summed E-state index contributed by atoms with van der Waals surface area (Å²) in [6, 6.07) is 8.35.